The Bertz CT molecular complexity index is 335. The van der Waals surface area contributed by atoms with Crippen LogP contribution in [0.1, 0.15) is 24.1 Å². The predicted molar refractivity (Wildman–Crippen MR) is 67.9 cm³/mol. The molecule has 1 aromatic carbocycles. The molecule has 3 heteroatoms. The minimum absolute atomic E-state index is 0.00857. The number of hydrogen-bond acceptors (Lipinski definition) is 3. The van der Waals surface area contributed by atoms with Crippen LogP contribution in [0.4, 0.5) is 0 Å². The van der Waals surface area contributed by atoms with Gasteiger partial charge in [-0.05, 0) is 39.1 Å². The summed E-state index contributed by atoms with van der Waals surface area (Å²) < 4.78 is 5.30. The molecule has 1 atom stereocenters. The molecular weight excluding hydrogens is 200 g/mol. The summed E-state index contributed by atoms with van der Waals surface area (Å²) in [5.41, 5.74) is 8.31. The number of likely N-dealkylation sites (N-methyl/N-ethyl adjacent to an activating group) is 1. The van der Waals surface area contributed by atoms with Gasteiger partial charge in [-0.25, -0.2) is 0 Å². The van der Waals surface area contributed by atoms with E-state index in [4.69, 9.17) is 10.5 Å². The van der Waals surface area contributed by atoms with Crippen LogP contribution in [0, 0.1) is 0 Å². The third-order valence-corrected chi connectivity index (χ3v) is 2.63. The second-order valence-corrected chi connectivity index (χ2v) is 4.42. The van der Waals surface area contributed by atoms with Gasteiger partial charge in [0, 0.05) is 18.2 Å². The Morgan fingerprint density at radius 1 is 1.38 bits per heavy atom. The molecule has 3 nitrogen and oxygen atoms in total. The van der Waals surface area contributed by atoms with E-state index in [9.17, 15) is 0 Å². The smallest absolute Gasteiger partial charge is 0.123 e. The average molecular weight is 222 g/mol. The van der Waals surface area contributed by atoms with Gasteiger partial charge in [-0.15, -0.1) is 0 Å². The van der Waals surface area contributed by atoms with Crippen molar-refractivity contribution in [2.24, 2.45) is 5.73 Å². The van der Waals surface area contributed by atoms with Gasteiger partial charge in [0.2, 0.25) is 0 Å². The topological polar surface area (TPSA) is 38.5 Å². The number of nitrogens with zero attached hydrogens (tertiary/aromatic N) is 1. The Labute approximate surface area is 98.2 Å². The fraction of sp³-hybridized carbons (Fsp3) is 0.538. The molecule has 0 aromatic heterocycles. The fourth-order valence-electron chi connectivity index (χ4n) is 1.65. The Morgan fingerprint density at radius 2 is 2.06 bits per heavy atom. The van der Waals surface area contributed by atoms with E-state index in [0.29, 0.717) is 0 Å². The number of ether oxygens (including phenoxy) is 1. The van der Waals surface area contributed by atoms with Crippen LogP contribution < -0.4 is 10.5 Å². The second-order valence-electron chi connectivity index (χ2n) is 4.42. The Hall–Kier alpha value is -1.06. The molecule has 0 saturated heterocycles. The van der Waals surface area contributed by atoms with Gasteiger partial charge in [-0.1, -0.05) is 12.1 Å². The predicted octanol–water partition coefficient (Wildman–Crippen LogP) is 1.82. The molecule has 0 saturated carbocycles. The van der Waals surface area contributed by atoms with Crippen molar-refractivity contribution in [3.63, 3.8) is 0 Å². The van der Waals surface area contributed by atoms with Gasteiger partial charge in [-0.3, -0.25) is 0 Å². The highest BCUT2D eigenvalue weighted by molar-refractivity contribution is 5.39. The van der Waals surface area contributed by atoms with Crippen molar-refractivity contribution < 1.29 is 4.74 Å². The van der Waals surface area contributed by atoms with Gasteiger partial charge in [0.15, 0.2) is 0 Å². The van der Waals surface area contributed by atoms with Gasteiger partial charge < -0.3 is 15.4 Å². The van der Waals surface area contributed by atoms with E-state index in [1.807, 2.05) is 13.0 Å². The van der Waals surface area contributed by atoms with Gasteiger partial charge in [0.05, 0.1) is 7.11 Å². The number of benzene rings is 1. The monoisotopic (exact) mass is 222 g/mol. The maximum absolute atomic E-state index is 5.92. The van der Waals surface area contributed by atoms with Crippen LogP contribution in [0.3, 0.4) is 0 Å². The first-order valence-corrected chi connectivity index (χ1v) is 5.61. The number of methoxy groups -OCH3 is 1. The summed E-state index contributed by atoms with van der Waals surface area (Å²) in [6.45, 7) is 3.03. The highest BCUT2D eigenvalue weighted by Gasteiger charge is 2.08. The van der Waals surface area contributed by atoms with Gasteiger partial charge >= 0.3 is 0 Å². The lowest BCUT2D eigenvalue weighted by atomic mass is 10.0. The molecule has 2 N–H and O–H groups in total. The largest absolute Gasteiger partial charge is 0.496 e. The van der Waals surface area contributed by atoms with Crippen molar-refractivity contribution in [1.82, 2.24) is 4.90 Å². The van der Waals surface area contributed by atoms with Crippen LogP contribution in [-0.2, 0) is 6.42 Å². The highest BCUT2D eigenvalue weighted by Crippen LogP contribution is 2.24. The molecule has 0 heterocycles. The number of hydrogen-bond donors (Lipinski definition) is 1. The van der Waals surface area contributed by atoms with Crippen LogP contribution in [0.5, 0.6) is 5.75 Å². The summed E-state index contributed by atoms with van der Waals surface area (Å²) >= 11 is 0. The molecule has 1 rings (SSSR count). The second kappa shape index (κ2) is 5.87. The van der Waals surface area contributed by atoms with Crippen LogP contribution in [0.15, 0.2) is 18.2 Å². The minimum atomic E-state index is 0.00857. The molecule has 16 heavy (non-hydrogen) atoms. The van der Waals surface area contributed by atoms with Crippen molar-refractivity contribution in [2.45, 2.75) is 19.4 Å². The molecule has 1 aromatic rings. The third-order valence-electron chi connectivity index (χ3n) is 2.63. The summed E-state index contributed by atoms with van der Waals surface area (Å²) in [7, 11) is 5.84. The summed E-state index contributed by atoms with van der Waals surface area (Å²) in [5, 5.41) is 0. The molecule has 0 radical (unpaired) electrons. The molecule has 1 unspecified atom stereocenters. The van der Waals surface area contributed by atoms with Gasteiger partial charge in [0.25, 0.3) is 0 Å². The van der Waals surface area contributed by atoms with Gasteiger partial charge in [-0.2, -0.15) is 0 Å². The van der Waals surface area contributed by atoms with Crippen molar-refractivity contribution in [3.8, 4) is 5.75 Å². The van der Waals surface area contributed by atoms with Crippen LogP contribution >= 0.6 is 0 Å². The first kappa shape index (κ1) is 13.0. The standard InChI is InChI=1S/C13H22N2O/c1-10(14)12-9-11(7-8-15(2)3)5-6-13(12)16-4/h5-6,9-10H,7-8,14H2,1-4H3. The molecule has 0 fully saturated rings. The van der Waals surface area contributed by atoms with E-state index in [2.05, 4.69) is 31.1 Å². The Balaban J connectivity index is 2.85. The number of rotatable bonds is 5. The zero-order valence-electron chi connectivity index (χ0n) is 10.7. The summed E-state index contributed by atoms with van der Waals surface area (Å²) in [5.74, 6) is 0.878. The molecule has 0 spiro atoms. The van der Waals surface area contributed by atoms with E-state index in [0.717, 1.165) is 24.3 Å². The van der Waals surface area contributed by atoms with Crippen molar-refractivity contribution in [2.75, 3.05) is 27.7 Å². The first-order chi connectivity index (χ1) is 7.54. The van der Waals surface area contributed by atoms with E-state index < -0.39 is 0 Å². The summed E-state index contributed by atoms with van der Waals surface area (Å²) in [6.07, 6.45) is 1.04. The van der Waals surface area contributed by atoms with Crippen molar-refractivity contribution >= 4 is 0 Å². The minimum Gasteiger partial charge on any atom is -0.496 e. The van der Waals surface area contributed by atoms with Crippen LogP contribution in [0.2, 0.25) is 0 Å². The SMILES string of the molecule is COc1ccc(CCN(C)C)cc1C(C)N. The zero-order chi connectivity index (χ0) is 12.1. The number of nitrogens with two attached hydrogens (primary N) is 1. The normalized spacial score (nSPS) is 12.9. The lowest BCUT2D eigenvalue weighted by molar-refractivity contribution is 0.404. The highest BCUT2D eigenvalue weighted by atomic mass is 16.5. The maximum Gasteiger partial charge on any atom is 0.123 e. The third kappa shape index (κ3) is 3.51. The summed E-state index contributed by atoms with van der Waals surface area (Å²) in [6, 6.07) is 6.26. The van der Waals surface area contributed by atoms with E-state index in [1.165, 1.54) is 5.56 Å². The van der Waals surface area contributed by atoms with E-state index in [1.54, 1.807) is 7.11 Å². The quantitative estimate of drug-likeness (QED) is 0.826. The molecule has 0 aliphatic rings. The molecule has 90 valence electrons. The molecule has 0 aliphatic heterocycles. The van der Waals surface area contributed by atoms with Crippen LogP contribution in [0.25, 0.3) is 0 Å². The van der Waals surface area contributed by atoms with E-state index in [-0.39, 0.29) is 6.04 Å². The fourth-order valence-corrected chi connectivity index (χ4v) is 1.65. The Morgan fingerprint density at radius 3 is 2.56 bits per heavy atom. The summed E-state index contributed by atoms with van der Waals surface area (Å²) in [4.78, 5) is 2.18. The molecule has 0 aliphatic carbocycles. The van der Waals surface area contributed by atoms with E-state index >= 15 is 0 Å². The maximum atomic E-state index is 5.92. The zero-order valence-corrected chi connectivity index (χ0v) is 10.7. The average Bonchev–Trinajstić information content (AvgIpc) is 2.25. The Kier molecular flexibility index (Phi) is 4.77. The van der Waals surface area contributed by atoms with Crippen molar-refractivity contribution in [1.29, 1.82) is 0 Å². The van der Waals surface area contributed by atoms with Gasteiger partial charge in [0.1, 0.15) is 5.75 Å². The lowest BCUT2D eigenvalue weighted by Crippen LogP contribution is -2.15. The van der Waals surface area contributed by atoms with Crippen LogP contribution in [-0.4, -0.2) is 32.6 Å². The van der Waals surface area contributed by atoms with Crippen molar-refractivity contribution in [3.05, 3.63) is 29.3 Å². The molecular formula is C13H22N2O. The molecule has 0 bridgehead atoms. The lowest BCUT2D eigenvalue weighted by Gasteiger charge is -2.14. The first-order valence-electron chi connectivity index (χ1n) is 5.61. The molecule has 0 amide bonds.